The van der Waals surface area contributed by atoms with Crippen molar-refractivity contribution in [2.45, 2.75) is 72.4 Å². The molecule has 1 aliphatic rings. The van der Waals surface area contributed by atoms with E-state index in [1.54, 1.807) is 0 Å². The molecule has 0 bridgehead atoms. The predicted octanol–water partition coefficient (Wildman–Crippen LogP) is 4.92. The van der Waals surface area contributed by atoms with Gasteiger partial charge in [-0.1, -0.05) is 34.1 Å². The van der Waals surface area contributed by atoms with E-state index in [1.807, 2.05) is 6.20 Å². The Hall–Kier alpha value is -0.350. The number of halogens is 1. The molecule has 3 nitrogen and oxygen atoms in total. The lowest BCUT2D eigenvalue weighted by Gasteiger charge is -2.35. The van der Waals surface area contributed by atoms with Gasteiger partial charge in [0.15, 0.2) is 0 Å². The van der Waals surface area contributed by atoms with Crippen LogP contribution in [-0.4, -0.2) is 16.3 Å². The van der Waals surface area contributed by atoms with Gasteiger partial charge in [-0.3, -0.25) is 4.68 Å². The molecule has 1 aromatic rings. The highest BCUT2D eigenvalue weighted by Crippen LogP contribution is 2.49. The molecule has 21 heavy (non-hydrogen) atoms. The zero-order valence-corrected chi connectivity index (χ0v) is 15.5. The van der Waals surface area contributed by atoms with E-state index in [1.165, 1.54) is 31.4 Å². The van der Waals surface area contributed by atoms with Gasteiger partial charge in [0.1, 0.15) is 0 Å². The van der Waals surface area contributed by atoms with Gasteiger partial charge in [0.25, 0.3) is 0 Å². The second kappa shape index (κ2) is 7.28. The fourth-order valence-electron chi connectivity index (χ4n) is 3.77. The Labute approximate surface area is 138 Å². The lowest BCUT2D eigenvalue weighted by Crippen LogP contribution is -2.36. The molecule has 2 atom stereocenters. The molecule has 1 N–H and O–H groups in total. The van der Waals surface area contributed by atoms with E-state index in [2.05, 4.69) is 58.7 Å². The van der Waals surface area contributed by atoms with Crippen LogP contribution >= 0.6 is 15.9 Å². The number of nitrogens with zero attached hydrogens (tertiary/aromatic N) is 2. The first-order chi connectivity index (χ1) is 10.0. The van der Waals surface area contributed by atoms with Crippen LogP contribution in [0.2, 0.25) is 0 Å². The second-order valence-electron chi connectivity index (χ2n) is 7.02. The number of aromatic nitrogens is 2. The van der Waals surface area contributed by atoms with Crippen molar-refractivity contribution in [3.63, 3.8) is 0 Å². The van der Waals surface area contributed by atoms with Crippen molar-refractivity contribution >= 4 is 15.9 Å². The van der Waals surface area contributed by atoms with Crippen molar-refractivity contribution in [1.29, 1.82) is 0 Å². The Kier molecular flexibility index (Phi) is 5.89. The molecule has 120 valence electrons. The van der Waals surface area contributed by atoms with Crippen LogP contribution in [-0.2, 0) is 6.54 Å². The van der Waals surface area contributed by atoms with Crippen LogP contribution in [0.3, 0.4) is 0 Å². The first-order valence-electron chi connectivity index (χ1n) is 8.45. The summed E-state index contributed by atoms with van der Waals surface area (Å²) in [5.74, 6) is 0.688. The molecule has 0 aromatic carbocycles. The average Bonchev–Trinajstić information content (AvgIpc) is 2.96. The second-order valence-corrected chi connectivity index (χ2v) is 7.87. The van der Waals surface area contributed by atoms with Gasteiger partial charge >= 0.3 is 0 Å². The minimum absolute atomic E-state index is 0.408. The van der Waals surface area contributed by atoms with Gasteiger partial charge < -0.3 is 5.32 Å². The van der Waals surface area contributed by atoms with E-state index in [4.69, 9.17) is 0 Å². The molecule has 0 radical (unpaired) electrons. The highest BCUT2D eigenvalue weighted by atomic mass is 79.9. The Bertz CT molecular complexity index is 453. The van der Waals surface area contributed by atoms with E-state index in [9.17, 15) is 0 Å². The number of nitrogens with one attached hydrogen (secondary N) is 1. The van der Waals surface area contributed by atoms with Crippen molar-refractivity contribution in [1.82, 2.24) is 15.1 Å². The topological polar surface area (TPSA) is 29.9 Å². The van der Waals surface area contributed by atoms with Crippen molar-refractivity contribution in [3.8, 4) is 0 Å². The van der Waals surface area contributed by atoms with Crippen molar-refractivity contribution in [2.75, 3.05) is 6.54 Å². The van der Waals surface area contributed by atoms with Crippen molar-refractivity contribution in [2.24, 2.45) is 11.3 Å². The van der Waals surface area contributed by atoms with Gasteiger partial charge in [-0.15, -0.1) is 0 Å². The summed E-state index contributed by atoms with van der Waals surface area (Å²) in [6, 6.07) is 0.408. The van der Waals surface area contributed by atoms with Gasteiger partial charge in [0.05, 0.1) is 22.4 Å². The predicted molar refractivity (Wildman–Crippen MR) is 92.4 cm³/mol. The van der Waals surface area contributed by atoms with Crippen molar-refractivity contribution in [3.05, 3.63) is 16.4 Å². The largest absolute Gasteiger partial charge is 0.308 e. The summed E-state index contributed by atoms with van der Waals surface area (Å²) in [6.45, 7) is 11.4. The van der Waals surface area contributed by atoms with Crippen LogP contribution in [0.15, 0.2) is 10.7 Å². The van der Waals surface area contributed by atoms with Gasteiger partial charge in [0, 0.05) is 6.54 Å². The molecule has 1 fully saturated rings. The van der Waals surface area contributed by atoms with Gasteiger partial charge in [-0.25, -0.2) is 0 Å². The van der Waals surface area contributed by atoms with Crippen LogP contribution in [0.1, 0.15) is 71.5 Å². The monoisotopic (exact) mass is 355 g/mol. The minimum Gasteiger partial charge on any atom is -0.308 e. The molecule has 1 saturated carbocycles. The number of hydrogen-bond acceptors (Lipinski definition) is 2. The SMILES string of the molecule is CCCNC(c1c(Br)cnn1CCC)C1CCCC1(C)C. The first kappa shape index (κ1) is 17.0. The fourth-order valence-corrected chi connectivity index (χ4v) is 4.31. The van der Waals surface area contributed by atoms with Crippen LogP contribution in [0, 0.1) is 11.3 Å². The summed E-state index contributed by atoms with van der Waals surface area (Å²) >= 11 is 3.74. The molecule has 1 aromatic heterocycles. The molecule has 0 saturated heterocycles. The number of rotatable bonds is 7. The molecule has 0 aliphatic heterocycles. The van der Waals surface area contributed by atoms with E-state index in [0.717, 1.165) is 24.0 Å². The molecule has 2 unspecified atom stereocenters. The third-order valence-electron chi connectivity index (χ3n) is 4.92. The molecule has 4 heteroatoms. The molecule has 0 amide bonds. The highest BCUT2D eigenvalue weighted by Gasteiger charge is 2.41. The van der Waals surface area contributed by atoms with Crippen molar-refractivity contribution < 1.29 is 0 Å². The lowest BCUT2D eigenvalue weighted by molar-refractivity contribution is 0.190. The Morgan fingerprint density at radius 3 is 2.76 bits per heavy atom. The summed E-state index contributed by atoms with van der Waals surface area (Å²) < 4.78 is 3.36. The Balaban J connectivity index is 2.33. The third-order valence-corrected chi connectivity index (χ3v) is 5.53. The van der Waals surface area contributed by atoms with Gasteiger partial charge in [0.2, 0.25) is 0 Å². The molecular weight excluding hydrogens is 326 g/mol. The standard InChI is InChI=1S/C17H30BrN3/c1-5-10-19-15(13-8-7-9-17(13,3)4)16-14(18)12-20-21(16)11-6-2/h12-13,15,19H,5-11H2,1-4H3. The highest BCUT2D eigenvalue weighted by molar-refractivity contribution is 9.10. The number of hydrogen-bond donors (Lipinski definition) is 1. The minimum atomic E-state index is 0.408. The maximum absolute atomic E-state index is 4.58. The molecule has 1 heterocycles. The lowest BCUT2D eigenvalue weighted by atomic mass is 9.76. The maximum atomic E-state index is 4.58. The molecule has 0 spiro atoms. The quantitative estimate of drug-likeness (QED) is 0.751. The summed E-state index contributed by atoms with van der Waals surface area (Å²) in [6.07, 6.45) is 8.26. The smallest absolute Gasteiger partial charge is 0.0698 e. The first-order valence-corrected chi connectivity index (χ1v) is 9.25. The third kappa shape index (κ3) is 3.70. The number of aryl methyl sites for hydroxylation is 1. The zero-order chi connectivity index (χ0) is 15.5. The van der Waals surface area contributed by atoms with Crippen LogP contribution < -0.4 is 5.32 Å². The average molecular weight is 356 g/mol. The van der Waals surface area contributed by atoms with E-state index in [-0.39, 0.29) is 0 Å². The van der Waals surface area contributed by atoms with Crippen LogP contribution in [0.4, 0.5) is 0 Å². The van der Waals surface area contributed by atoms with E-state index in [0.29, 0.717) is 17.4 Å². The Morgan fingerprint density at radius 2 is 2.19 bits per heavy atom. The summed E-state index contributed by atoms with van der Waals surface area (Å²) in [7, 11) is 0. The van der Waals surface area contributed by atoms with E-state index >= 15 is 0 Å². The summed E-state index contributed by atoms with van der Waals surface area (Å²) in [4.78, 5) is 0. The maximum Gasteiger partial charge on any atom is 0.0698 e. The summed E-state index contributed by atoms with van der Waals surface area (Å²) in [5.41, 5.74) is 1.76. The molecule has 2 rings (SSSR count). The van der Waals surface area contributed by atoms with Crippen LogP contribution in [0.25, 0.3) is 0 Å². The van der Waals surface area contributed by atoms with Gasteiger partial charge in [-0.2, -0.15) is 5.10 Å². The Morgan fingerprint density at radius 1 is 1.43 bits per heavy atom. The normalized spacial score (nSPS) is 22.6. The summed E-state index contributed by atoms with van der Waals surface area (Å²) in [5, 5.41) is 8.40. The zero-order valence-electron chi connectivity index (χ0n) is 14.0. The molecule has 1 aliphatic carbocycles. The fraction of sp³-hybridized carbons (Fsp3) is 0.824. The van der Waals surface area contributed by atoms with Gasteiger partial charge in [-0.05, 0) is 59.5 Å². The van der Waals surface area contributed by atoms with Crippen LogP contribution in [0.5, 0.6) is 0 Å². The van der Waals surface area contributed by atoms with E-state index < -0.39 is 0 Å². The molecular formula is C17H30BrN3.